The van der Waals surface area contributed by atoms with Crippen LogP contribution in [-0.2, 0) is 9.59 Å². The maximum atomic E-state index is 12.8. The molecule has 3 nitrogen and oxygen atoms in total. The van der Waals surface area contributed by atoms with Gasteiger partial charge in [-0.1, -0.05) is 98.2 Å². The number of carbonyl (C=O) groups excluding carboxylic acids is 2. The first-order chi connectivity index (χ1) is 12.8. The fourth-order valence-electron chi connectivity index (χ4n) is 5.21. The average molecular weight is 380 g/mol. The van der Waals surface area contributed by atoms with Gasteiger partial charge >= 0.3 is 0 Å². The summed E-state index contributed by atoms with van der Waals surface area (Å²) in [7, 11) is -2.33. The van der Waals surface area contributed by atoms with Crippen LogP contribution >= 0.6 is 0 Å². The van der Waals surface area contributed by atoms with Crippen LogP contribution in [0.5, 0.6) is 0 Å². The minimum atomic E-state index is -2.33. The molecule has 1 aliphatic carbocycles. The normalized spacial score (nSPS) is 21.1. The number of rotatable bonds is 4. The van der Waals surface area contributed by atoms with E-state index in [0.717, 1.165) is 6.42 Å². The number of benzene rings is 2. The van der Waals surface area contributed by atoms with E-state index < -0.39 is 19.9 Å². The van der Waals surface area contributed by atoms with Crippen LogP contribution in [0.1, 0.15) is 40.0 Å². The van der Waals surface area contributed by atoms with Gasteiger partial charge in [0.2, 0.25) is 5.91 Å². The van der Waals surface area contributed by atoms with Gasteiger partial charge in [0.1, 0.15) is 13.9 Å². The lowest BCUT2D eigenvalue weighted by Crippen LogP contribution is -2.68. The summed E-state index contributed by atoms with van der Waals surface area (Å²) < 4.78 is 0. The monoisotopic (exact) mass is 379 g/mol. The highest BCUT2D eigenvalue weighted by atomic mass is 28.3. The van der Waals surface area contributed by atoms with Crippen molar-refractivity contribution in [3.63, 3.8) is 0 Å². The Hall–Kier alpha value is -2.20. The van der Waals surface area contributed by atoms with Crippen molar-refractivity contribution in [3.8, 4) is 0 Å². The van der Waals surface area contributed by atoms with Crippen molar-refractivity contribution in [3.05, 3.63) is 60.7 Å². The highest BCUT2D eigenvalue weighted by Crippen LogP contribution is 2.48. The van der Waals surface area contributed by atoms with Crippen LogP contribution in [0.15, 0.2) is 60.7 Å². The van der Waals surface area contributed by atoms with Gasteiger partial charge < -0.3 is 5.73 Å². The minimum Gasteiger partial charge on any atom is -0.369 e. The average Bonchev–Trinajstić information content (AvgIpc) is 2.63. The predicted molar refractivity (Wildman–Crippen MR) is 113 cm³/mol. The van der Waals surface area contributed by atoms with Gasteiger partial charge in [0.25, 0.3) is 0 Å². The van der Waals surface area contributed by atoms with Crippen LogP contribution in [0.4, 0.5) is 0 Å². The molecule has 1 aliphatic rings. The van der Waals surface area contributed by atoms with Crippen LogP contribution in [0.3, 0.4) is 0 Å². The van der Waals surface area contributed by atoms with E-state index in [4.69, 9.17) is 5.73 Å². The number of nitrogens with two attached hydrogens (primary N) is 1. The largest absolute Gasteiger partial charge is 0.369 e. The molecule has 2 aromatic rings. The first kappa shape index (κ1) is 19.6. The van der Waals surface area contributed by atoms with E-state index in [1.54, 1.807) is 0 Å². The van der Waals surface area contributed by atoms with E-state index >= 15 is 0 Å². The van der Waals surface area contributed by atoms with Gasteiger partial charge in [-0.2, -0.15) is 0 Å². The lowest BCUT2D eigenvalue weighted by atomic mass is 9.87. The fourth-order valence-corrected chi connectivity index (χ4v) is 12.0. The van der Waals surface area contributed by atoms with Gasteiger partial charge in [-0.15, -0.1) is 0 Å². The number of carbonyl (C=O) groups is 2. The van der Waals surface area contributed by atoms with Crippen LogP contribution in [0, 0.1) is 5.92 Å². The molecule has 0 bridgehead atoms. The number of hydrogen-bond donors (Lipinski definition) is 1. The lowest BCUT2D eigenvalue weighted by Gasteiger charge is -2.50. The third kappa shape index (κ3) is 3.38. The van der Waals surface area contributed by atoms with Crippen LogP contribution in [-0.4, -0.2) is 19.8 Å². The van der Waals surface area contributed by atoms with Gasteiger partial charge in [-0.05, 0) is 17.0 Å². The third-order valence-electron chi connectivity index (χ3n) is 6.24. The third-order valence-corrected chi connectivity index (χ3v) is 12.8. The van der Waals surface area contributed by atoms with Crippen LogP contribution < -0.4 is 16.1 Å². The Balaban J connectivity index is 2.19. The number of hydrogen-bond acceptors (Lipinski definition) is 2. The first-order valence-corrected chi connectivity index (χ1v) is 11.8. The first-order valence-electron chi connectivity index (χ1n) is 9.71. The molecule has 1 saturated carbocycles. The molecule has 0 radical (unpaired) electrons. The number of ketones is 1. The molecular weight excluding hydrogens is 350 g/mol. The number of Topliss-reactive ketones (excluding diaryl/α,β-unsaturated/α-hetero) is 1. The van der Waals surface area contributed by atoms with E-state index in [1.165, 1.54) is 10.4 Å². The Kier molecular flexibility index (Phi) is 5.38. The van der Waals surface area contributed by atoms with Gasteiger partial charge in [0.05, 0.1) is 5.92 Å². The van der Waals surface area contributed by atoms with Crippen LogP contribution in [0.25, 0.3) is 0 Å². The van der Waals surface area contributed by atoms with Crippen molar-refractivity contribution in [1.29, 1.82) is 0 Å². The van der Waals surface area contributed by atoms with Crippen molar-refractivity contribution in [2.45, 2.75) is 50.6 Å². The van der Waals surface area contributed by atoms with E-state index in [-0.39, 0.29) is 16.4 Å². The predicted octanol–water partition coefficient (Wildman–Crippen LogP) is 3.27. The second-order valence-electron chi connectivity index (χ2n) is 8.69. The van der Waals surface area contributed by atoms with E-state index in [9.17, 15) is 9.59 Å². The summed E-state index contributed by atoms with van der Waals surface area (Å²) in [5.74, 6) is -1.06. The van der Waals surface area contributed by atoms with Gasteiger partial charge in [-0.3, -0.25) is 9.59 Å². The maximum absolute atomic E-state index is 12.8. The summed E-state index contributed by atoms with van der Waals surface area (Å²) in [6.45, 7) is 6.93. The minimum absolute atomic E-state index is 0.0141. The van der Waals surface area contributed by atoms with Crippen molar-refractivity contribution in [2.24, 2.45) is 11.7 Å². The Bertz CT molecular complexity index is 772. The smallest absolute Gasteiger partial charge is 0.227 e. The molecule has 0 saturated heterocycles. The van der Waals surface area contributed by atoms with E-state index in [2.05, 4.69) is 69.3 Å². The molecule has 2 aromatic carbocycles. The lowest BCUT2D eigenvalue weighted by molar-refractivity contribution is -0.133. The summed E-state index contributed by atoms with van der Waals surface area (Å²) in [5, 5.41) is 2.73. The number of primary amides is 1. The second kappa shape index (κ2) is 7.43. The maximum Gasteiger partial charge on any atom is 0.227 e. The highest BCUT2D eigenvalue weighted by Gasteiger charge is 2.54. The molecule has 142 valence electrons. The molecular formula is C23H29NO2Si. The van der Waals surface area contributed by atoms with Gasteiger partial charge in [0, 0.05) is 6.42 Å². The van der Waals surface area contributed by atoms with Crippen molar-refractivity contribution < 1.29 is 9.59 Å². The molecule has 0 spiro atoms. The fraction of sp³-hybridized carbons (Fsp3) is 0.391. The summed E-state index contributed by atoms with van der Waals surface area (Å²) in [5.41, 5.74) is 5.73. The van der Waals surface area contributed by atoms with Gasteiger partial charge in [0.15, 0.2) is 0 Å². The number of amides is 1. The molecule has 1 fully saturated rings. The Morgan fingerprint density at radius 3 is 1.78 bits per heavy atom. The molecule has 4 heteroatoms. The van der Waals surface area contributed by atoms with Gasteiger partial charge in [-0.25, -0.2) is 0 Å². The molecule has 0 aliphatic heterocycles. The van der Waals surface area contributed by atoms with Crippen LogP contribution in [0.2, 0.25) is 10.6 Å². The Labute approximate surface area is 163 Å². The molecule has 2 N–H and O–H groups in total. The van der Waals surface area contributed by atoms with Crippen molar-refractivity contribution >= 4 is 30.1 Å². The standard InChI is InChI=1S/C23H29NO2Si/c1-23(2,3)27(17-10-6-4-7-11-17,18-12-8-5-9-13-18)19-14-15-20(22(24)26)21(25)16-19/h4-13,19-20H,14-16H2,1-3H3,(H2,24,26). The summed E-state index contributed by atoms with van der Waals surface area (Å²) >= 11 is 0. The zero-order valence-electron chi connectivity index (χ0n) is 16.4. The highest BCUT2D eigenvalue weighted by molar-refractivity contribution is 7.05. The molecule has 3 rings (SSSR count). The van der Waals surface area contributed by atoms with E-state index in [1.807, 2.05) is 12.1 Å². The molecule has 0 aromatic heterocycles. The summed E-state index contributed by atoms with van der Waals surface area (Å²) in [6, 6.07) is 21.4. The Morgan fingerprint density at radius 2 is 1.41 bits per heavy atom. The SMILES string of the molecule is CC(C)(C)[Si](c1ccccc1)(c1ccccc1)C1CCC(C(N)=O)C(=O)C1. The topological polar surface area (TPSA) is 60.2 Å². The zero-order chi connectivity index (χ0) is 19.7. The summed E-state index contributed by atoms with van der Waals surface area (Å²) in [6.07, 6.45) is 1.89. The second-order valence-corrected chi connectivity index (χ2v) is 13.8. The van der Waals surface area contributed by atoms with Crippen molar-refractivity contribution in [2.75, 3.05) is 0 Å². The molecule has 2 unspecified atom stereocenters. The van der Waals surface area contributed by atoms with E-state index in [0.29, 0.717) is 12.8 Å². The molecule has 1 amide bonds. The molecule has 27 heavy (non-hydrogen) atoms. The summed E-state index contributed by atoms with van der Waals surface area (Å²) in [4.78, 5) is 24.5. The Morgan fingerprint density at radius 1 is 0.926 bits per heavy atom. The zero-order valence-corrected chi connectivity index (χ0v) is 17.4. The molecule has 0 heterocycles. The molecule has 2 atom stereocenters. The van der Waals surface area contributed by atoms with Crippen molar-refractivity contribution in [1.82, 2.24) is 0 Å². The quantitative estimate of drug-likeness (QED) is 0.655.